The number of carbonyl (C=O) groups is 1. The van der Waals surface area contributed by atoms with Gasteiger partial charge in [0.2, 0.25) is 15.9 Å². The maximum absolute atomic E-state index is 12.8. The Morgan fingerprint density at radius 3 is 2.26 bits per heavy atom. The van der Waals surface area contributed by atoms with Crippen LogP contribution in [-0.4, -0.2) is 49.7 Å². The highest BCUT2D eigenvalue weighted by Gasteiger charge is 2.42. The summed E-state index contributed by atoms with van der Waals surface area (Å²) in [6.07, 6.45) is 0.972. The van der Waals surface area contributed by atoms with Crippen LogP contribution in [0.3, 0.4) is 0 Å². The first-order valence-electron chi connectivity index (χ1n) is 8.17. The summed E-state index contributed by atoms with van der Waals surface area (Å²) in [5.74, 6) is 0.845. The summed E-state index contributed by atoms with van der Waals surface area (Å²) in [5, 5.41) is 0. The van der Waals surface area contributed by atoms with Gasteiger partial charge in [-0.1, -0.05) is 24.6 Å². The first-order valence-corrected chi connectivity index (χ1v) is 9.61. The van der Waals surface area contributed by atoms with E-state index < -0.39 is 10.0 Å². The third-order valence-electron chi connectivity index (χ3n) is 4.93. The fourth-order valence-electron chi connectivity index (χ4n) is 3.28. The first-order chi connectivity index (χ1) is 10.8. The van der Waals surface area contributed by atoms with Gasteiger partial charge in [0, 0.05) is 32.1 Å². The molecule has 0 bridgehead atoms. The third kappa shape index (κ3) is 3.15. The van der Waals surface area contributed by atoms with Crippen LogP contribution in [0.2, 0.25) is 0 Å². The molecule has 5 nitrogen and oxygen atoms in total. The van der Waals surface area contributed by atoms with Crippen LogP contribution in [0, 0.1) is 25.7 Å². The quantitative estimate of drug-likeness (QED) is 0.846. The molecular formula is C17H24N2O3S. The molecule has 2 atom stereocenters. The average molecular weight is 336 g/mol. The summed E-state index contributed by atoms with van der Waals surface area (Å²) in [7, 11) is -3.48. The van der Waals surface area contributed by atoms with Crippen molar-refractivity contribution in [2.45, 2.75) is 32.1 Å². The number of piperazine rings is 1. The van der Waals surface area contributed by atoms with E-state index in [1.807, 2.05) is 30.9 Å². The maximum Gasteiger partial charge on any atom is 0.243 e. The predicted octanol–water partition coefficient (Wildman–Crippen LogP) is 1.79. The second-order valence-corrected chi connectivity index (χ2v) is 8.72. The third-order valence-corrected chi connectivity index (χ3v) is 6.98. The Bertz CT molecular complexity index is 721. The van der Waals surface area contributed by atoms with Gasteiger partial charge < -0.3 is 4.90 Å². The SMILES string of the molecule is Cc1ccc(S(=O)(=O)N2CCN(C(=O)[C@@H]3C[C@H]3C)CC2)c(C)c1. The van der Waals surface area contributed by atoms with E-state index in [4.69, 9.17) is 0 Å². The first kappa shape index (κ1) is 16.5. The molecule has 1 aliphatic carbocycles. The molecule has 2 fully saturated rings. The van der Waals surface area contributed by atoms with Gasteiger partial charge in [-0.3, -0.25) is 4.79 Å². The molecule has 0 radical (unpaired) electrons. The molecular weight excluding hydrogens is 312 g/mol. The molecule has 1 aromatic rings. The van der Waals surface area contributed by atoms with Gasteiger partial charge in [0.15, 0.2) is 0 Å². The van der Waals surface area contributed by atoms with E-state index >= 15 is 0 Å². The number of rotatable bonds is 3. The Hall–Kier alpha value is -1.40. The number of hydrogen-bond donors (Lipinski definition) is 0. The summed E-state index contributed by atoms with van der Waals surface area (Å²) < 4.78 is 27.1. The second-order valence-electron chi connectivity index (χ2n) is 6.82. The minimum Gasteiger partial charge on any atom is -0.340 e. The second kappa shape index (κ2) is 5.91. The van der Waals surface area contributed by atoms with Crippen molar-refractivity contribution in [2.75, 3.05) is 26.2 Å². The minimum absolute atomic E-state index is 0.164. The van der Waals surface area contributed by atoms with Crippen LogP contribution in [-0.2, 0) is 14.8 Å². The van der Waals surface area contributed by atoms with Crippen LogP contribution in [0.25, 0.3) is 0 Å². The minimum atomic E-state index is -3.48. The lowest BCUT2D eigenvalue weighted by atomic mass is 10.2. The lowest BCUT2D eigenvalue weighted by molar-refractivity contribution is -0.134. The van der Waals surface area contributed by atoms with E-state index in [9.17, 15) is 13.2 Å². The zero-order valence-electron chi connectivity index (χ0n) is 13.9. The van der Waals surface area contributed by atoms with Crippen molar-refractivity contribution < 1.29 is 13.2 Å². The number of carbonyl (C=O) groups excluding carboxylic acids is 1. The molecule has 126 valence electrons. The molecule has 6 heteroatoms. The molecule has 0 spiro atoms. The van der Waals surface area contributed by atoms with Crippen molar-refractivity contribution in [2.24, 2.45) is 11.8 Å². The fraction of sp³-hybridized carbons (Fsp3) is 0.588. The number of amides is 1. The molecule has 1 amide bonds. The summed E-state index contributed by atoms with van der Waals surface area (Å²) in [6, 6.07) is 5.40. The highest BCUT2D eigenvalue weighted by Crippen LogP contribution is 2.39. The number of nitrogens with zero attached hydrogens (tertiary/aromatic N) is 2. The maximum atomic E-state index is 12.8. The van der Waals surface area contributed by atoms with E-state index in [2.05, 4.69) is 6.92 Å². The van der Waals surface area contributed by atoms with Gasteiger partial charge in [-0.15, -0.1) is 0 Å². The van der Waals surface area contributed by atoms with Gasteiger partial charge in [0.1, 0.15) is 0 Å². The molecule has 23 heavy (non-hydrogen) atoms. The Morgan fingerprint density at radius 2 is 1.74 bits per heavy atom. The summed E-state index contributed by atoms with van der Waals surface area (Å²) in [4.78, 5) is 14.4. The van der Waals surface area contributed by atoms with Crippen LogP contribution in [0.4, 0.5) is 0 Å². The Balaban J connectivity index is 1.70. The van der Waals surface area contributed by atoms with Crippen LogP contribution >= 0.6 is 0 Å². The zero-order valence-corrected chi connectivity index (χ0v) is 14.8. The molecule has 1 aliphatic heterocycles. The fourth-order valence-corrected chi connectivity index (χ4v) is 4.91. The lowest BCUT2D eigenvalue weighted by Gasteiger charge is -2.34. The van der Waals surface area contributed by atoms with Crippen molar-refractivity contribution in [3.05, 3.63) is 29.3 Å². The van der Waals surface area contributed by atoms with E-state index in [1.165, 1.54) is 4.31 Å². The number of aryl methyl sites for hydroxylation is 2. The molecule has 1 saturated carbocycles. The predicted molar refractivity (Wildman–Crippen MR) is 88.5 cm³/mol. The molecule has 3 rings (SSSR count). The lowest BCUT2D eigenvalue weighted by Crippen LogP contribution is -2.51. The number of benzene rings is 1. The van der Waals surface area contributed by atoms with Crippen LogP contribution in [0.5, 0.6) is 0 Å². The van der Waals surface area contributed by atoms with Crippen molar-refractivity contribution in [1.82, 2.24) is 9.21 Å². The van der Waals surface area contributed by atoms with Crippen molar-refractivity contribution in [3.63, 3.8) is 0 Å². The molecule has 2 aliphatic rings. The zero-order chi connectivity index (χ0) is 16.8. The van der Waals surface area contributed by atoms with E-state index in [1.54, 1.807) is 6.07 Å². The van der Waals surface area contributed by atoms with Gasteiger partial charge in [-0.05, 0) is 37.8 Å². The molecule has 1 heterocycles. The standard InChI is InChI=1S/C17H24N2O3S/c1-12-4-5-16(14(3)10-12)23(21,22)19-8-6-18(7-9-19)17(20)15-11-13(15)2/h4-5,10,13,15H,6-9,11H2,1-3H3/t13-,15-/m1/s1. The summed E-state index contributed by atoms with van der Waals surface area (Å²) >= 11 is 0. The molecule has 1 saturated heterocycles. The van der Waals surface area contributed by atoms with Crippen molar-refractivity contribution in [3.8, 4) is 0 Å². The molecule has 0 aromatic heterocycles. The highest BCUT2D eigenvalue weighted by atomic mass is 32.2. The number of hydrogen-bond acceptors (Lipinski definition) is 3. The van der Waals surface area contributed by atoms with Gasteiger partial charge >= 0.3 is 0 Å². The Labute approximate surface area is 138 Å². The normalized spacial score (nSPS) is 25.4. The van der Waals surface area contributed by atoms with Crippen molar-refractivity contribution >= 4 is 15.9 Å². The Kier molecular flexibility index (Phi) is 4.23. The van der Waals surface area contributed by atoms with Gasteiger partial charge in [0.05, 0.1) is 4.90 Å². The summed E-state index contributed by atoms with van der Waals surface area (Å²) in [6.45, 7) is 7.60. The van der Waals surface area contributed by atoms with Crippen LogP contribution in [0.15, 0.2) is 23.1 Å². The van der Waals surface area contributed by atoms with E-state index in [-0.39, 0.29) is 11.8 Å². The van der Waals surface area contributed by atoms with Crippen LogP contribution in [0.1, 0.15) is 24.5 Å². The van der Waals surface area contributed by atoms with E-state index in [0.717, 1.165) is 17.5 Å². The van der Waals surface area contributed by atoms with Gasteiger partial charge in [-0.25, -0.2) is 8.42 Å². The number of sulfonamides is 1. The van der Waals surface area contributed by atoms with Gasteiger partial charge in [0.25, 0.3) is 0 Å². The molecule has 1 aromatic carbocycles. The summed E-state index contributed by atoms with van der Waals surface area (Å²) in [5.41, 5.74) is 1.82. The monoisotopic (exact) mass is 336 g/mol. The smallest absolute Gasteiger partial charge is 0.243 e. The average Bonchev–Trinajstić information content (AvgIpc) is 3.23. The topological polar surface area (TPSA) is 57.7 Å². The molecule has 0 unspecified atom stereocenters. The van der Waals surface area contributed by atoms with E-state index in [0.29, 0.717) is 37.0 Å². The molecule has 0 N–H and O–H groups in total. The largest absolute Gasteiger partial charge is 0.340 e. The highest BCUT2D eigenvalue weighted by molar-refractivity contribution is 7.89. The Morgan fingerprint density at radius 1 is 1.13 bits per heavy atom. The van der Waals surface area contributed by atoms with Gasteiger partial charge in [-0.2, -0.15) is 4.31 Å². The van der Waals surface area contributed by atoms with Crippen molar-refractivity contribution in [1.29, 1.82) is 0 Å². The van der Waals surface area contributed by atoms with Crippen LogP contribution < -0.4 is 0 Å².